The van der Waals surface area contributed by atoms with Crippen LogP contribution in [-0.4, -0.2) is 30.5 Å². The summed E-state index contributed by atoms with van der Waals surface area (Å²) in [4.78, 5) is 19.2. The fraction of sp³-hybridized carbons (Fsp3) is 0.273. The summed E-state index contributed by atoms with van der Waals surface area (Å²) in [7, 11) is 0. The van der Waals surface area contributed by atoms with Gasteiger partial charge in [-0.2, -0.15) is 0 Å². The van der Waals surface area contributed by atoms with Crippen LogP contribution in [0.5, 0.6) is 0 Å². The monoisotopic (exact) mass is 377 g/mol. The van der Waals surface area contributed by atoms with Crippen molar-refractivity contribution in [2.45, 2.75) is 19.3 Å². The molecule has 0 atom stereocenters. The molecule has 5 heteroatoms. The predicted octanol–water partition coefficient (Wildman–Crippen LogP) is 3.92. The van der Waals surface area contributed by atoms with E-state index in [1.807, 2.05) is 18.2 Å². The lowest BCUT2D eigenvalue weighted by Gasteiger charge is -2.19. The van der Waals surface area contributed by atoms with Crippen molar-refractivity contribution >= 4 is 22.9 Å². The summed E-state index contributed by atoms with van der Waals surface area (Å²) in [5.74, 6) is 0.0942. The predicted molar refractivity (Wildman–Crippen MR) is 111 cm³/mol. The lowest BCUT2D eigenvalue weighted by molar-refractivity contribution is -0.121. The molecule has 4 rings (SSSR count). The van der Waals surface area contributed by atoms with E-state index in [0.717, 1.165) is 35.8 Å². The maximum atomic E-state index is 12.2. The lowest BCUT2D eigenvalue weighted by atomic mass is 10.2. The Bertz CT molecular complexity index is 907. The minimum Gasteiger partial charge on any atom is -0.369 e. The Balaban J connectivity index is 1.21. The molecule has 1 aliphatic heterocycles. The fourth-order valence-corrected chi connectivity index (χ4v) is 4.29. The first-order valence-electron chi connectivity index (χ1n) is 9.39. The summed E-state index contributed by atoms with van der Waals surface area (Å²) in [6.07, 6.45) is 2.26. The zero-order valence-electron chi connectivity index (χ0n) is 15.2. The van der Waals surface area contributed by atoms with Crippen LogP contribution in [-0.2, 0) is 17.6 Å². The lowest BCUT2D eigenvalue weighted by Crippen LogP contribution is -2.34. The maximum Gasteiger partial charge on any atom is 0.220 e. The molecule has 0 saturated heterocycles. The molecule has 4 nitrogen and oxygen atoms in total. The summed E-state index contributed by atoms with van der Waals surface area (Å²) in [6, 6.07) is 18.7. The Morgan fingerprint density at radius 3 is 2.81 bits per heavy atom. The molecule has 2 aromatic carbocycles. The summed E-state index contributed by atoms with van der Waals surface area (Å²) in [5.41, 5.74) is 4.83. The van der Waals surface area contributed by atoms with Crippen LogP contribution in [0.15, 0.2) is 60.0 Å². The highest BCUT2D eigenvalue weighted by molar-refractivity contribution is 7.13. The number of hydrogen-bond donors (Lipinski definition) is 1. The summed E-state index contributed by atoms with van der Waals surface area (Å²) in [5, 5.41) is 6.11. The third kappa shape index (κ3) is 4.37. The zero-order valence-corrected chi connectivity index (χ0v) is 16.0. The van der Waals surface area contributed by atoms with Crippen molar-refractivity contribution in [1.82, 2.24) is 10.3 Å². The van der Waals surface area contributed by atoms with Gasteiger partial charge in [0.15, 0.2) is 0 Å². The quantitative estimate of drug-likeness (QED) is 0.679. The van der Waals surface area contributed by atoms with Crippen LogP contribution in [0.1, 0.15) is 17.7 Å². The molecular weight excluding hydrogens is 354 g/mol. The fourth-order valence-electron chi connectivity index (χ4n) is 3.43. The van der Waals surface area contributed by atoms with Crippen LogP contribution in [0.2, 0.25) is 0 Å². The van der Waals surface area contributed by atoms with E-state index >= 15 is 0 Å². The number of carbonyl (C=O) groups is 1. The van der Waals surface area contributed by atoms with Gasteiger partial charge in [0.2, 0.25) is 5.91 Å². The van der Waals surface area contributed by atoms with Crippen LogP contribution in [0, 0.1) is 0 Å². The normalized spacial score (nSPS) is 12.8. The van der Waals surface area contributed by atoms with E-state index in [4.69, 9.17) is 0 Å². The number of rotatable bonds is 7. The molecule has 1 N–H and O–H groups in total. The maximum absolute atomic E-state index is 12.2. The number of thiazole rings is 1. The molecule has 0 spiro atoms. The number of carbonyl (C=O) groups excluding carboxylic acids is 1. The molecule has 3 aromatic rings. The molecule has 0 radical (unpaired) electrons. The van der Waals surface area contributed by atoms with Gasteiger partial charge in [0.05, 0.1) is 5.69 Å². The molecule has 27 heavy (non-hydrogen) atoms. The van der Waals surface area contributed by atoms with Crippen molar-refractivity contribution in [3.05, 3.63) is 71.2 Å². The third-order valence-electron chi connectivity index (χ3n) is 4.87. The highest BCUT2D eigenvalue weighted by Crippen LogP contribution is 2.26. The molecule has 0 aliphatic carbocycles. The standard InChI is InChI=1S/C22H23N3OS/c26-21(23-13-15-25-14-12-17-6-4-5-9-20(17)25)11-10-19-16-27-22(24-19)18-7-2-1-3-8-18/h1-9,16H,10-15H2,(H,23,26). The number of benzene rings is 2. The topological polar surface area (TPSA) is 45.2 Å². The number of nitrogens with zero attached hydrogens (tertiary/aromatic N) is 2. The zero-order chi connectivity index (χ0) is 18.5. The van der Waals surface area contributed by atoms with Crippen LogP contribution >= 0.6 is 11.3 Å². The minimum absolute atomic E-state index is 0.0942. The Labute approximate surface area is 163 Å². The van der Waals surface area contributed by atoms with Gasteiger partial charge >= 0.3 is 0 Å². The molecule has 0 unspecified atom stereocenters. The van der Waals surface area contributed by atoms with Gasteiger partial charge in [-0.15, -0.1) is 11.3 Å². The Morgan fingerprint density at radius 1 is 1.11 bits per heavy atom. The molecule has 1 aromatic heterocycles. The molecular formula is C22H23N3OS. The van der Waals surface area contributed by atoms with E-state index in [1.165, 1.54) is 11.3 Å². The average Bonchev–Trinajstić information content (AvgIpc) is 3.35. The first-order chi connectivity index (χ1) is 13.3. The number of aryl methyl sites for hydroxylation is 1. The van der Waals surface area contributed by atoms with Crippen LogP contribution in [0.25, 0.3) is 10.6 Å². The molecule has 2 heterocycles. The Kier molecular flexibility index (Phi) is 5.49. The third-order valence-corrected chi connectivity index (χ3v) is 5.81. The highest BCUT2D eigenvalue weighted by atomic mass is 32.1. The van der Waals surface area contributed by atoms with Crippen molar-refractivity contribution in [3.8, 4) is 10.6 Å². The molecule has 0 bridgehead atoms. The first-order valence-corrected chi connectivity index (χ1v) is 10.3. The van der Waals surface area contributed by atoms with Crippen LogP contribution in [0.3, 0.4) is 0 Å². The first kappa shape index (κ1) is 17.7. The molecule has 1 amide bonds. The Hall–Kier alpha value is -2.66. The van der Waals surface area contributed by atoms with Crippen LogP contribution in [0.4, 0.5) is 5.69 Å². The largest absolute Gasteiger partial charge is 0.369 e. The molecule has 0 saturated carbocycles. The number of aromatic nitrogens is 1. The number of nitrogens with one attached hydrogen (secondary N) is 1. The van der Waals surface area contributed by atoms with E-state index in [2.05, 4.69) is 57.0 Å². The summed E-state index contributed by atoms with van der Waals surface area (Å²) < 4.78 is 0. The summed E-state index contributed by atoms with van der Waals surface area (Å²) in [6.45, 7) is 2.58. The van der Waals surface area contributed by atoms with Gasteiger partial charge in [-0.1, -0.05) is 48.5 Å². The smallest absolute Gasteiger partial charge is 0.220 e. The number of amides is 1. The van der Waals surface area contributed by atoms with E-state index in [1.54, 1.807) is 11.3 Å². The second-order valence-electron chi connectivity index (χ2n) is 6.73. The van der Waals surface area contributed by atoms with Crippen molar-refractivity contribution in [1.29, 1.82) is 0 Å². The number of hydrogen-bond acceptors (Lipinski definition) is 4. The van der Waals surface area contributed by atoms with Crippen molar-refractivity contribution < 1.29 is 4.79 Å². The number of fused-ring (bicyclic) bond motifs is 1. The van der Waals surface area contributed by atoms with E-state index < -0.39 is 0 Å². The van der Waals surface area contributed by atoms with Crippen molar-refractivity contribution in [2.24, 2.45) is 0 Å². The van der Waals surface area contributed by atoms with Crippen molar-refractivity contribution in [3.63, 3.8) is 0 Å². The van der Waals surface area contributed by atoms with Gasteiger partial charge in [-0.3, -0.25) is 4.79 Å². The van der Waals surface area contributed by atoms with Crippen LogP contribution < -0.4 is 10.2 Å². The number of anilines is 1. The van der Waals surface area contributed by atoms with Gasteiger partial charge < -0.3 is 10.2 Å². The second-order valence-corrected chi connectivity index (χ2v) is 7.58. The highest BCUT2D eigenvalue weighted by Gasteiger charge is 2.17. The van der Waals surface area contributed by atoms with Gasteiger partial charge in [-0.05, 0) is 24.5 Å². The summed E-state index contributed by atoms with van der Waals surface area (Å²) >= 11 is 1.63. The van der Waals surface area contributed by atoms with Gasteiger partial charge in [0.25, 0.3) is 0 Å². The number of para-hydroxylation sites is 1. The SMILES string of the molecule is O=C(CCc1csc(-c2ccccc2)n1)NCCN1CCc2ccccc21. The molecule has 138 valence electrons. The van der Waals surface area contributed by atoms with E-state index in [9.17, 15) is 4.79 Å². The minimum atomic E-state index is 0.0942. The molecule has 1 aliphatic rings. The van der Waals surface area contributed by atoms with Gasteiger partial charge in [-0.25, -0.2) is 4.98 Å². The van der Waals surface area contributed by atoms with E-state index in [-0.39, 0.29) is 5.91 Å². The Morgan fingerprint density at radius 2 is 1.93 bits per heavy atom. The van der Waals surface area contributed by atoms with Crippen molar-refractivity contribution in [2.75, 3.05) is 24.5 Å². The van der Waals surface area contributed by atoms with Gasteiger partial charge in [0.1, 0.15) is 5.01 Å². The second kappa shape index (κ2) is 8.35. The molecule has 0 fully saturated rings. The average molecular weight is 378 g/mol. The van der Waals surface area contributed by atoms with Gasteiger partial charge in [0, 0.05) is 42.7 Å². The van der Waals surface area contributed by atoms with E-state index in [0.29, 0.717) is 19.4 Å².